The van der Waals surface area contributed by atoms with Crippen LogP contribution in [0.2, 0.25) is 6.04 Å². The van der Waals surface area contributed by atoms with Crippen LogP contribution in [0.1, 0.15) is 39.0 Å². The first kappa shape index (κ1) is 19.0. The predicted molar refractivity (Wildman–Crippen MR) is 80.9 cm³/mol. The minimum Gasteiger partial charge on any atom is -0.377 e. The fraction of sp³-hybridized carbons (Fsp3) is 1.00. The van der Waals surface area contributed by atoms with Crippen LogP contribution in [0, 0.1) is 5.92 Å². The second-order valence-electron chi connectivity index (χ2n) is 5.11. The number of rotatable bonds is 12. The molecule has 0 aliphatic heterocycles. The van der Waals surface area contributed by atoms with E-state index in [9.17, 15) is 0 Å². The van der Waals surface area contributed by atoms with Crippen molar-refractivity contribution in [2.45, 2.75) is 51.1 Å². The predicted octanol–water partition coefficient (Wildman–Crippen LogP) is 1.74. The van der Waals surface area contributed by atoms with Crippen LogP contribution < -0.4 is 11.5 Å². The lowest BCUT2D eigenvalue weighted by atomic mass is 9.96. The van der Waals surface area contributed by atoms with Gasteiger partial charge in [0.05, 0.1) is 0 Å². The summed E-state index contributed by atoms with van der Waals surface area (Å²) in [6.45, 7) is 2.83. The van der Waals surface area contributed by atoms with E-state index in [1.165, 1.54) is 19.3 Å². The van der Waals surface area contributed by atoms with Crippen LogP contribution in [0.25, 0.3) is 0 Å². The van der Waals surface area contributed by atoms with E-state index in [0.717, 1.165) is 25.4 Å². The highest BCUT2D eigenvalue weighted by Crippen LogP contribution is 2.26. The van der Waals surface area contributed by atoms with Crippen molar-refractivity contribution in [3.05, 3.63) is 0 Å². The molecule has 0 saturated heterocycles. The molecule has 4 N–H and O–H groups in total. The summed E-state index contributed by atoms with van der Waals surface area (Å²) in [4.78, 5) is 0. The van der Waals surface area contributed by atoms with Crippen LogP contribution in [-0.4, -0.2) is 42.7 Å². The van der Waals surface area contributed by atoms with Crippen LogP contribution in [0.3, 0.4) is 0 Å². The number of nitrogens with two attached hydrogens (primary N) is 2. The van der Waals surface area contributed by atoms with Crippen molar-refractivity contribution in [3.8, 4) is 0 Å². The maximum Gasteiger partial charge on any atom is 0.500 e. The highest BCUT2D eigenvalue weighted by molar-refractivity contribution is 6.60. The zero-order valence-electron chi connectivity index (χ0n) is 13.0. The molecule has 2 unspecified atom stereocenters. The lowest BCUT2D eigenvalue weighted by Gasteiger charge is -2.30. The molecule has 0 aliphatic carbocycles. The van der Waals surface area contributed by atoms with Gasteiger partial charge in [-0.15, -0.1) is 0 Å². The van der Waals surface area contributed by atoms with Crippen LogP contribution in [-0.2, 0) is 13.3 Å². The van der Waals surface area contributed by atoms with E-state index in [1.54, 1.807) is 21.3 Å². The summed E-state index contributed by atoms with van der Waals surface area (Å²) in [5.74, 6) is 0.379. The van der Waals surface area contributed by atoms with Crippen LogP contribution in [0.5, 0.6) is 0 Å². The number of hydrogen-bond acceptors (Lipinski definition) is 5. The first-order valence-corrected chi connectivity index (χ1v) is 9.09. The highest BCUT2D eigenvalue weighted by atomic mass is 28.4. The Kier molecular flexibility index (Phi) is 10.8. The third kappa shape index (κ3) is 7.39. The first-order chi connectivity index (χ1) is 9.05. The maximum atomic E-state index is 6.08. The topological polar surface area (TPSA) is 79.7 Å². The van der Waals surface area contributed by atoms with Crippen LogP contribution >= 0.6 is 0 Å². The van der Waals surface area contributed by atoms with E-state index < -0.39 is 8.80 Å². The zero-order chi connectivity index (χ0) is 14.7. The van der Waals surface area contributed by atoms with Gasteiger partial charge in [0, 0.05) is 33.4 Å². The Hall–Kier alpha value is 0.0169. The highest BCUT2D eigenvalue weighted by Gasteiger charge is 2.41. The van der Waals surface area contributed by atoms with Crippen molar-refractivity contribution in [1.29, 1.82) is 0 Å². The molecule has 0 aliphatic rings. The second-order valence-corrected chi connectivity index (χ2v) is 8.11. The van der Waals surface area contributed by atoms with Crippen molar-refractivity contribution in [3.63, 3.8) is 0 Å². The van der Waals surface area contributed by atoms with Gasteiger partial charge in [-0.3, -0.25) is 0 Å². The molecule has 0 amide bonds. The molecule has 6 heteroatoms. The Balaban J connectivity index is 4.24. The fourth-order valence-corrected chi connectivity index (χ4v) is 4.49. The smallest absolute Gasteiger partial charge is 0.377 e. The van der Waals surface area contributed by atoms with Crippen molar-refractivity contribution in [2.24, 2.45) is 17.4 Å². The van der Waals surface area contributed by atoms with Gasteiger partial charge in [0.25, 0.3) is 0 Å². The summed E-state index contributed by atoms with van der Waals surface area (Å²) in [7, 11) is 2.44. The molecule has 0 heterocycles. The average molecular weight is 292 g/mol. The molecular weight excluding hydrogens is 260 g/mol. The number of unbranched alkanes of at least 4 members (excludes halogenated alkanes) is 3. The third-order valence-electron chi connectivity index (χ3n) is 3.72. The van der Waals surface area contributed by atoms with Gasteiger partial charge in [-0.25, -0.2) is 0 Å². The maximum absolute atomic E-state index is 6.08. The molecule has 0 bridgehead atoms. The van der Waals surface area contributed by atoms with Gasteiger partial charge < -0.3 is 24.7 Å². The van der Waals surface area contributed by atoms with Crippen molar-refractivity contribution in [1.82, 2.24) is 0 Å². The van der Waals surface area contributed by atoms with E-state index in [-0.39, 0.29) is 6.04 Å². The summed E-state index contributed by atoms with van der Waals surface area (Å²) < 4.78 is 16.5. The SMILES string of the molecule is CO[Si](CC(CCCCCCN)C(C)N)(OC)OC. The van der Waals surface area contributed by atoms with Crippen molar-refractivity contribution in [2.75, 3.05) is 27.9 Å². The number of hydrogen-bond donors (Lipinski definition) is 2. The molecule has 0 rings (SSSR count). The van der Waals surface area contributed by atoms with Gasteiger partial charge in [0.1, 0.15) is 0 Å². The van der Waals surface area contributed by atoms with Gasteiger partial charge in [-0.2, -0.15) is 0 Å². The summed E-state index contributed by atoms with van der Waals surface area (Å²) in [5, 5.41) is 0. The average Bonchev–Trinajstić information content (AvgIpc) is 2.42. The fourth-order valence-electron chi connectivity index (χ4n) is 2.28. The molecule has 0 aromatic rings. The quantitative estimate of drug-likeness (QED) is 0.423. The Morgan fingerprint density at radius 1 is 0.947 bits per heavy atom. The van der Waals surface area contributed by atoms with Crippen molar-refractivity contribution < 1.29 is 13.3 Å². The molecule has 0 aromatic heterocycles. The van der Waals surface area contributed by atoms with E-state index in [2.05, 4.69) is 0 Å². The van der Waals surface area contributed by atoms with Gasteiger partial charge in [0.15, 0.2) is 0 Å². The van der Waals surface area contributed by atoms with Crippen molar-refractivity contribution >= 4 is 8.80 Å². The zero-order valence-corrected chi connectivity index (χ0v) is 14.0. The summed E-state index contributed by atoms with van der Waals surface area (Å²) >= 11 is 0. The molecule has 0 aromatic carbocycles. The molecule has 116 valence electrons. The van der Waals surface area contributed by atoms with Gasteiger partial charge in [0.2, 0.25) is 0 Å². The van der Waals surface area contributed by atoms with Gasteiger partial charge in [-0.1, -0.05) is 19.3 Å². The minimum atomic E-state index is -2.52. The van der Waals surface area contributed by atoms with Crippen LogP contribution in [0.4, 0.5) is 0 Å². The summed E-state index contributed by atoms with van der Waals surface area (Å²) in [5.41, 5.74) is 11.6. The van der Waals surface area contributed by atoms with E-state index in [4.69, 9.17) is 24.7 Å². The van der Waals surface area contributed by atoms with Crippen LogP contribution in [0.15, 0.2) is 0 Å². The Morgan fingerprint density at radius 3 is 1.89 bits per heavy atom. The third-order valence-corrected chi connectivity index (χ3v) is 6.61. The Morgan fingerprint density at radius 2 is 1.47 bits per heavy atom. The van der Waals surface area contributed by atoms with E-state index in [0.29, 0.717) is 5.92 Å². The second kappa shape index (κ2) is 10.8. The molecule has 0 fully saturated rings. The summed E-state index contributed by atoms with van der Waals surface area (Å²) in [6, 6.07) is 0.909. The normalized spacial score (nSPS) is 15.5. The Bertz CT molecular complexity index is 206. The lowest BCUT2D eigenvalue weighted by molar-refractivity contribution is 0.115. The monoisotopic (exact) mass is 292 g/mol. The van der Waals surface area contributed by atoms with Gasteiger partial charge in [-0.05, 0) is 32.2 Å². The Labute approximate surface area is 119 Å². The molecule has 19 heavy (non-hydrogen) atoms. The summed E-state index contributed by atoms with van der Waals surface area (Å²) in [6.07, 6.45) is 5.78. The standard InChI is InChI=1S/C13H32N2O3Si/c1-12(15)13(9-7-5-6-8-10-14)11-19(16-2,17-3)18-4/h12-13H,5-11,14-15H2,1-4H3. The molecule has 0 spiro atoms. The molecule has 0 radical (unpaired) electrons. The van der Waals surface area contributed by atoms with E-state index >= 15 is 0 Å². The molecule has 5 nitrogen and oxygen atoms in total. The van der Waals surface area contributed by atoms with E-state index in [1.807, 2.05) is 6.92 Å². The molecule has 2 atom stereocenters. The molecule has 0 saturated carbocycles. The molecular formula is C13H32N2O3Si. The van der Waals surface area contributed by atoms with Gasteiger partial charge >= 0.3 is 8.80 Å². The minimum absolute atomic E-state index is 0.127. The lowest BCUT2D eigenvalue weighted by Crippen LogP contribution is -2.46. The largest absolute Gasteiger partial charge is 0.500 e. The first-order valence-electron chi connectivity index (χ1n) is 7.16.